The molecule has 0 aromatic rings. The molecule has 4 N–H and O–H groups in total. The van der Waals surface area contributed by atoms with E-state index in [1.165, 1.54) is 89.9 Å². The number of aliphatic hydroxyl groups is 2. The number of phosphoric acid groups is 2. The highest BCUT2D eigenvalue weighted by atomic mass is 31.2. The van der Waals surface area contributed by atoms with Gasteiger partial charge in [-0.3, -0.25) is 32.5 Å². The third-order valence-electron chi connectivity index (χ3n) is 17.2. The Kier molecular flexibility index (Phi) is 77.0. The first-order chi connectivity index (χ1) is 52.2. The van der Waals surface area contributed by atoms with E-state index < -0.39 is 91.5 Å². The molecule has 612 valence electrons. The number of aliphatic hydroxyl groups excluding tert-OH is 2. The van der Waals surface area contributed by atoms with Crippen LogP contribution >= 0.6 is 15.6 Å². The predicted octanol–water partition coefficient (Wildman–Crippen LogP) is 25.0. The van der Waals surface area contributed by atoms with Gasteiger partial charge in [-0.25, -0.2) is 9.13 Å². The maximum absolute atomic E-state index is 13.0. The van der Waals surface area contributed by atoms with Crippen LogP contribution in [0.1, 0.15) is 329 Å². The molecule has 0 amide bonds. The number of hydrogen-bond acceptors (Lipinski definition) is 14. The zero-order valence-electron chi connectivity index (χ0n) is 67.0. The van der Waals surface area contributed by atoms with Crippen molar-refractivity contribution in [2.24, 2.45) is 0 Å². The molecule has 0 spiro atoms. The molecule has 0 rings (SSSR count). The summed E-state index contributed by atoms with van der Waals surface area (Å²) in [6.45, 7) is 2.43. The molecule has 107 heavy (non-hydrogen) atoms. The number of hydrogen-bond donors (Lipinski definition) is 4. The summed E-state index contributed by atoms with van der Waals surface area (Å²) in [5.41, 5.74) is 0. The Morgan fingerprint density at radius 3 is 0.794 bits per heavy atom. The van der Waals surface area contributed by atoms with E-state index in [1.54, 1.807) is 0 Å². The Bertz CT molecular complexity index is 2580. The van der Waals surface area contributed by atoms with Gasteiger partial charge in [-0.1, -0.05) is 320 Å². The van der Waals surface area contributed by atoms with Crippen molar-refractivity contribution >= 4 is 33.6 Å². The summed E-state index contributed by atoms with van der Waals surface area (Å²) in [6.07, 6.45) is 102. The monoisotopic (exact) mass is 1540 g/mol. The van der Waals surface area contributed by atoms with E-state index in [9.17, 15) is 43.5 Å². The topological polar surface area (TPSA) is 231 Å². The van der Waals surface area contributed by atoms with Crippen LogP contribution in [-0.4, -0.2) is 95.9 Å². The van der Waals surface area contributed by atoms with Crippen LogP contribution in [0.15, 0.2) is 158 Å². The summed E-state index contributed by atoms with van der Waals surface area (Å²) in [5, 5.41) is 20.7. The van der Waals surface area contributed by atoms with Gasteiger partial charge < -0.3 is 34.2 Å². The Balaban J connectivity index is 4.49. The zero-order chi connectivity index (χ0) is 78.0. The molecule has 5 unspecified atom stereocenters. The highest BCUT2D eigenvalue weighted by Gasteiger charge is 2.29. The number of esters is 3. The van der Waals surface area contributed by atoms with Gasteiger partial charge in [0.05, 0.1) is 26.4 Å². The van der Waals surface area contributed by atoms with Gasteiger partial charge in [-0.2, -0.15) is 0 Å². The van der Waals surface area contributed by atoms with E-state index >= 15 is 0 Å². The number of carbonyl (C=O) groups is 3. The minimum absolute atomic E-state index is 0.0894. The van der Waals surface area contributed by atoms with Crippen LogP contribution in [0.4, 0.5) is 0 Å². The van der Waals surface area contributed by atoms with Gasteiger partial charge in [-0.15, -0.1) is 0 Å². The summed E-state index contributed by atoms with van der Waals surface area (Å²) in [7, 11) is -9.80. The van der Waals surface area contributed by atoms with Crippen molar-refractivity contribution in [3.05, 3.63) is 158 Å². The average molecular weight is 1540 g/mol. The van der Waals surface area contributed by atoms with Gasteiger partial charge in [0.25, 0.3) is 0 Å². The quantitative estimate of drug-likeness (QED) is 0.0146. The van der Waals surface area contributed by atoms with Gasteiger partial charge in [0, 0.05) is 19.3 Å². The number of ether oxygens (including phenoxy) is 3. The first kappa shape index (κ1) is 102. The number of phosphoric ester groups is 2. The summed E-state index contributed by atoms with van der Waals surface area (Å²) < 4.78 is 61.2. The van der Waals surface area contributed by atoms with Crippen molar-refractivity contribution in [1.82, 2.24) is 0 Å². The van der Waals surface area contributed by atoms with Crippen molar-refractivity contribution in [2.75, 3.05) is 39.6 Å². The van der Waals surface area contributed by atoms with Crippen molar-refractivity contribution in [3.63, 3.8) is 0 Å². The molecular weight excluding hydrogens is 1390 g/mol. The Morgan fingerprint density at radius 1 is 0.271 bits per heavy atom. The Hall–Kier alpha value is -4.83. The van der Waals surface area contributed by atoms with E-state index in [4.69, 9.17) is 32.3 Å². The van der Waals surface area contributed by atoms with Crippen LogP contribution in [0.3, 0.4) is 0 Å². The molecule has 18 heteroatoms. The largest absolute Gasteiger partial charge is 0.472 e. The third kappa shape index (κ3) is 82.0. The summed E-state index contributed by atoms with van der Waals surface area (Å²) in [4.78, 5) is 58.7. The lowest BCUT2D eigenvalue weighted by atomic mass is 10.0. The van der Waals surface area contributed by atoms with Crippen molar-refractivity contribution in [1.29, 1.82) is 0 Å². The Labute approximate surface area is 650 Å². The van der Waals surface area contributed by atoms with Gasteiger partial charge in [0.2, 0.25) is 0 Å². The van der Waals surface area contributed by atoms with Crippen LogP contribution in [-0.2, 0) is 55.8 Å². The first-order valence-electron chi connectivity index (χ1n) is 41.8. The molecule has 0 aromatic heterocycles. The van der Waals surface area contributed by atoms with Crippen molar-refractivity contribution in [2.45, 2.75) is 347 Å². The molecule has 5 atom stereocenters. The molecule has 0 aromatic carbocycles. The summed E-state index contributed by atoms with van der Waals surface area (Å²) in [6, 6.07) is 0. The standard InChI is InChI=1S/C89H150O16P2/c1-4-7-10-13-16-19-22-25-27-29-31-33-35-37-39-40-41-42-44-46-47-49-51-53-55-58-60-63-66-69-72-75-87(92)99-78-84(90)79-101-106(95,96)102-80-85(91)81-103-107(97,98)104-83-86(105-89(94)77-74-71-68-65-62-57-24-21-18-15-12-9-6-3)82-100-88(93)76-73-70-67-64-61-59-56-54-52-50-48-45-43-38-36-34-32-30-28-26-23-20-17-14-11-8-5-2/h7-8,10-11,16-17,19-21,24-28,31-34,37-39,41-43,48,50,84-86,90-91H,4-6,9,12-15,18,22-23,29-30,35-36,40,44-47,49,51-83H2,1-3H3,(H,95,96)(H,97,98)/b10-7-,11-8-,19-16-,20-17-,24-21-,27-25-,28-26-,33-31-,34-32-,39-37-,42-41-,43-38-,50-48-. The fraction of sp³-hybridized carbons (Fsp3) is 0.674. The van der Waals surface area contributed by atoms with Crippen LogP contribution in [0.2, 0.25) is 0 Å². The molecule has 0 aliphatic rings. The normalized spacial score (nSPS) is 14.7. The van der Waals surface area contributed by atoms with Crippen molar-refractivity contribution < 1.29 is 75.8 Å². The van der Waals surface area contributed by atoms with E-state index in [0.717, 1.165) is 180 Å². The fourth-order valence-corrected chi connectivity index (χ4v) is 12.5. The molecular formula is C89H150O16P2. The van der Waals surface area contributed by atoms with Crippen LogP contribution in [0.5, 0.6) is 0 Å². The van der Waals surface area contributed by atoms with E-state index in [2.05, 4.69) is 179 Å². The van der Waals surface area contributed by atoms with Crippen molar-refractivity contribution in [3.8, 4) is 0 Å². The lowest BCUT2D eigenvalue weighted by molar-refractivity contribution is -0.161. The van der Waals surface area contributed by atoms with Gasteiger partial charge in [0.15, 0.2) is 6.10 Å². The Morgan fingerprint density at radius 2 is 0.495 bits per heavy atom. The lowest BCUT2D eigenvalue weighted by Gasteiger charge is -2.21. The third-order valence-corrected chi connectivity index (χ3v) is 19.1. The second kappa shape index (κ2) is 80.7. The van der Waals surface area contributed by atoms with Crippen LogP contribution < -0.4 is 0 Å². The molecule has 0 saturated carbocycles. The number of rotatable bonds is 78. The minimum Gasteiger partial charge on any atom is -0.463 e. The summed E-state index contributed by atoms with van der Waals surface area (Å²) >= 11 is 0. The average Bonchev–Trinajstić information content (AvgIpc) is 1.06. The molecule has 0 saturated heterocycles. The number of allylic oxidation sites excluding steroid dienone is 26. The maximum Gasteiger partial charge on any atom is 0.472 e. The zero-order valence-corrected chi connectivity index (χ0v) is 68.8. The second-order valence-electron chi connectivity index (χ2n) is 27.5. The second-order valence-corrected chi connectivity index (χ2v) is 30.4. The molecule has 16 nitrogen and oxygen atoms in total. The van der Waals surface area contributed by atoms with Crippen LogP contribution in [0, 0.1) is 0 Å². The van der Waals surface area contributed by atoms with Crippen LogP contribution in [0.25, 0.3) is 0 Å². The minimum atomic E-state index is -4.94. The smallest absolute Gasteiger partial charge is 0.463 e. The molecule has 0 aliphatic carbocycles. The molecule has 0 fully saturated rings. The predicted molar refractivity (Wildman–Crippen MR) is 445 cm³/mol. The SMILES string of the molecule is CC/C=C\C/C=C\C/C=C\C/C=C\C/C=C\C/C=C\CCCCCCCCCCCCCCC(=O)OCC(O)COP(=O)(O)OCC(O)COP(=O)(O)OCC(COC(=O)CCCCCCCCCC/C=C\C/C=C\C/C=C\C/C=C\C/C=C\C/C=C\CC)OC(=O)CCCCCCC/C=C\CCCCCC. The van der Waals surface area contributed by atoms with Gasteiger partial charge in [-0.05, 0) is 148 Å². The van der Waals surface area contributed by atoms with E-state index in [1.807, 2.05) is 0 Å². The molecule has 0 aliphatic heterocycles. The summed E-state index contributed by atoms with van der Waals surface area (Å²) in [5.74, 6) is -1.60. The van der Waals surface area contributed by atoms with E-state index in [0.29, 0.717) is 19.3 Å². The molecule has 0 heterocycles. The molecule has 0 bridgehead atoms. The molecule has 0 radical (unpaired) electrons. The maximum atomic E-state index is 13.0. The van der Waals surface area contributed by atoms with Gasteiger partial charge in [0.1, 0.15) is 25.4 Å². The number of carbonyl (C=O) groups excluding carboxylic acids is 3. The number of unbranched alkanes of at least 4 members (excludes halogenated alkanes) is 29. The lowest BCUT2D eigenvalue weighted by Crippen LogP contribution is -2.30. The first-order valence-corrected chi connectivity index (χ1v) is 44.8. The van der Waals surface area contributed by atoms with E-state index in [-0.39, 0.29) is 19.3 Å². The highest BCUT2D eigenvalue weighted by molar-refractivity contribution is 7.47. The fourth-order valence-electron chi connectivity index (χ4n) is 10.9. The highest BCUT2D eigenvalue weighted by Crippen LogP contribution is 2.45. The van der Waals surface area contributed by atoms with Gasteiger partial charge >= 0.3 is 33.6 Å².